The Kier molecular flexibility index (Phi) is 8.21. The lowest BCUT2D eigenvalue weighted by Crippen LogP contribution is -2.36. The summed E-state index contributed by atoms with van der Waals surface area (Å²) in [5.74, 6) is -0.382. The van der Waals surface area contributed by atoms with E-state index in [-0.39, 0.29) is 24.4 Å². The molecular formula is C26H29N3O7. The van der Waals surface area contributed by atoms with Gasteiger partial charge in [0, 0.05) is 17.8 Å². The van der Waals surface area contributed by atoms with Gasteiger partial charge >= 0.3 is 12.0 Å². The minimum absolute atomic E-state index is 0.120. The fourth-order valence-electron chi connectivity index (χ4n) is 3.71. The number of ether oxygens (including phenoxy) is 2. The number of hydrogen-bond donors (Lipinski definition) is 4. The SMILES string of the molecule is COc1cc(Cn2cc(C)c(O)c(NC(=O)N[C@@H](CC(=O)O)c3ccc(C)cc3)c2=O)cc(OC)c1. The maximum absolute atomic E-state index is 13.2. The van der Waals surface area contributed by atoms with Gasteiger partial charge in [-0.2, -0.15) is 0 Å². The number of urea groups is 1. The molecule has 0 fully saturated rings. The van der Waals surface area contributed by atoms with Gasteiger partial charge in [0.05, 0.1) is 33.2 Å². The zero-order valence-corrected chi connectivity index (χ0v) is 20.5. The smallest absolute Gasteiger partial charge is 0.319 e. The van der Waals surface area contributed by atoms with E-state index in [0.717, 1.165) is 5.56 Å². The normalized spacial score (nSPS) is 11.4. The molecule has 36 heavy (non-hydrogen) atoms. The number of carbonyl (C=O) groups excluding carboxylic acids is 1. The first-order valence-corrected chi connectivity index (χ1v) is 11.1. The molecule has 0 bridgehead atoms. The van der Waals surface area contributed by atoms with Crippen LogP contribution < -0.4 is 25.7 Å². The molecule has 10 heteroatoms. The van der Waals surface area contributed by atoms with Crippen LogP contribution >= 0.6 is 0 Å². The number of pyridine rings is 1. The second-order valence-electron chi connectivity index (χ2n) is 8.35. The molecule has 0 spiro atoms. The van der Waals surface area contributed by atoms with Gasteiger partial charge < -0.3 is 34.9 Å². The highest BCUT2D eigenvalue weighted by Gasteiger charge is 2.21. The first-order chi connectivity index (χ1) is 17.1. The first kappa shape index (κ1) is 26.1. The lowest BCUT2D eigenvalue weighted by atomic mass is 10.0. The van der Waals surface area contributed by atoms with Crippen molar-refractivity contribution in [1.82, 2.24) is 9.88 Å². The molecule has 0 aliphatic carbocycles. The Hall–Kier alpha value is -4.47. The number of amides is 2. The van der Waals surface area contributed by atoms with Crippen LogP contribution in [0.2, 0.25) is 0 Å². The summed E-state index contributed by atoms with van der Waals surface area (Å²) in [4.78, 5) is 37.3. The molecule has 1 aromatic heterocycles. The number of aliphatic carboxylic acids is 1. The quantitative estimate of drug-likeness (QED) is 0.356. The van der Waals surface area contributed by atoms with Crippen molar-refractivity contribution in [3.8, 4) is 17.2 Å². The minimum Gasteiger partial charge on any atom is -0.505 e. The molecule has 0 aliphatic rings. The summed E-state index contributed by atoms with van der Waals surface area (Å²) in [5, 5.41) is 24.8. The third-order valence-electron chi connectivity index (χ3n) is 5.60. The van der Waals surface area contributed by atoms with Gasteiger partial charge in [0.25, 0.3) is 5.56 Å². The molecule has 1 atom stereocenters. The van der Waals surface area contributed by atoms with Crippen LogP contribution in [0.25, 0.3) is 0 Å². The topological polar surface area (TPSA) is 139 Å². The summed E-state index contributed by atoms with van der Waals surface area (Å²) >= 11 is 0. The molecule has 1 heterocycles. The van der Waals surface area contributed by atoms with Crippen LogP contribution in [0.1, 0.15) is 34.7 Å². The minimum atomic E-state index is -1.10. The average molecular weight is 496 g/mol. The Labute approximate surface area is 208 Å². The molecule has 0 aliphatic heterocycles. The van der Waals surface area contributed by atoms with Crippen LogP contribution in [0, 0.1) is 13.8 Å². The van der Waals surface area contributed by atoms with E-state index < -0.39 is 23.6 Å². The van der Waals surface area contributed by atoms with E-state index in [0.29, 0.717) is 28.2 Å². The fraction of sp³-hybridized carbons (Fsp3) is 0.269. The molecule has 10 nitrogen and oxygen atoms in total. The van der Waals surface area contributed by atoms with Crippen molar-refractivity contribution in [3.63, 3.8) is 0 Å². The highest BCUT2D eigenvalue weighted by Crippen LogP contribution is 2.26. The van der Waals surface area contributed by atoms with Crippen LogP contribution in [0.3, 0.4) is 0 Å². The maximum atomic E-state index is 13.2. The molecule has 2 aromatic carbocycles. The second-order valence-corrected chi connectivity index (χ2v) is 8.35. The highest BCUT2D eigenvalue weighted by atomic mass is 16.5. The van der Waals surface area contributed by atoms with Crippen LogP contribution in [-0.2, 0) is 11.3 Å². The number of aromatic hydroxyl groups is 1. The predicted octanol–water partition coefficient (Wildman–Crippen LogP) is 3.57. The van der Waals surface area contributed by atoms with Crippen molar-refractivity contribution < 1.29 is 29.3 Å². The molecule has 3 rings (SSSR count). The zero-order chi connectivity index (χ0) is 26.4. The summed E-state index contributed by atoms with van der Waals surface area (Å²) in [6.45, 7) is 3.61. The van der Waals surface area contributed by atoms with E-state index >= 15 is 0 Å². The van der Waals surface area contributed by atoms with E-state index in [1.165, 1.54) is 25.0 Å². The number of anilines is 1. The van der Waals surface area contributed by atoms with E-state index in [9.17, 15) is 24.6 Å². The van der Waals surface area contributed by atoms with Gasteiger partial charge in [0.1, 0.15) is 17.2 Å². The number of carbonyl (C=O) groups is 2. The van der Waals surface area contributed by atoms with E-state index in [2.05, 4.69) is 10.6 Å². The van der Waals surface area contributed by atoms with Crippen molar-refractivity contribution in [2.75, 3.05) is 19.5 Å². The number of aryl methyl sites for hydroxylation is 2. The van der Waals surface area contributed by atoms with E-state index in [1.807, 2.05) is 19.1 Å². The van der Waals surface area contributed by atoms with Crippen LogP contribution in [0.4, 0.5) is 10.5 Å². The predicted molar refractivity (Wildman–Crippen MR) is 134 cm³/mol. The van der Waals surface area contributed by atoms with Crippen LogP contribution in [0.15, 0.2) is 53.5 Å². The Morgan fingerprint density at radius 3 is 2.19 bits per heavy atom. The molecule has 4 N–H and O–H groups in total. The molecule has 0 unspecified atom stereocenters. The van der Waals surface area contributed by atoms with Crippen molar-refractivity contribution in [1.29, 1.82) is 0 Å². The van der Waals surface area contributed by atoms with E-state index in [1.54, 1.807) is 37.3 Å². The molecule has 0 saturated carbocycles. The number of nitrogens with one attached hydrogen (secondary N) is 2. The van der Waals surface area contributed by atoms with Crippen LogP contribution in [0.5, 0.6) is 17.2 Å². The van der Waals surface area contributed by atoms with Crippen molar-refractivity contribution in [3.05, 3.63) is 81.3 Å². The Balaban J connectivity index is 1.88. The number of rotatable bonds is 9. The third-order valence-corrected chi connectivity index (χ3v) is 5.60. The number of nitrogens with zero attached hydrogens (tertiary/aromatic N) is 1. The largest absolute Gasteiger partial charge is 0.505 e. The lowest BCUT2D eigenvalue weighted by Gasteiger charge is -2.19. The Bertz CT molecular complexity index is 1290. The standard InChI is InChI=1S/C26H29N3O7/c1-15-5-7-18(8-6-15)21(12-22(30)31)27-26(34)28-23-24(32)16(2)13-29(25(23)33)14-17-9-19(35-3)11-20(10-17)36-4/h5-11,13,21,32H,12,14H2,1-4H3,(H,30,31)(H2,27,28,34)/t21-/m0/s1. The molecule has 190 valence electrons. The zero-order valence-electron chi connectivity index (χ0n) is 20.5. The lowest BCUT2D eigenvalue weighted by molar-refractivity contribution is -0.137. The van der Waals surface area contributed by atoms with Crippen molar-refractivity contribution in [2.24, 2.45) is 0 Å². The number of methoxy groups -OCH3 is 2. The summed E-state index contributed by atoms with van der Waals surface area (Å²) in [5.41, 5.74) is 1.68. The molecular weight excluding hydrogens is 466 g/mol. The van der Waals surface area contributed by atoms with Gasteiger partial charge in [-0.25, -0.2) is 4.79 Å². The highest BCUT2D eigenvalue weighted by molar-refractivity contribution is 5.91. The third kappa shape index (κ3) is 6.35. The Morgan fingerprint density at radius 2 is 1.64 bits per heavy atom. The van der Waals surface area contributed by atoms with Crippen molar-refractivity contribution in [2.45, 2.75) is 32.9 Å². The average Bonchev–Trinajstić information content (AvgIpc) is 2.84. The number of carboxylic acid groups (broad SMARTS) is 1. The summed E-state index contributed by atoms with van der Waals surface area (Å²) in [7, 11) is 3.04. The number of benzene rings is 2. The Morgan fingerprint density at radius 1 is 1.03 bits per heavy atom. The van der Waals surface area contributed by atoms with Gasteiger partial charge in [-0.05, 0) is 37.1 Å². The first-order valence-electron chi connectivity index (χ1n) is 11.1. The van der Waals surface area contributed by atoms with Gasteiger partial charge in [-0.3, -0.25) is 9.59 Å². The number of hydrogen-bond acceptors (Lipinski definition) is 6. The summed E-state index contributed by atoms with van der Waals surface area (Å²) in [6.07, 6.45) is 1.12. The summed E-state index contributed by atoms with van der Waals surface area (Å²) < 4.78 is 11.9. The monoisotopic (exact) mass is 495 g/mol. The van der Waals surface area contributed by atoms with Crippen LogP contribution in [-0.4, -0.2) is 41.0 Å². The second kappa shape index (κ2) is 11.3. The fourth-order valence-corrected chi connectivity index (χ4v) is 3.71. The number of carboxylic acids is 1. The van der Waals surface area contributed by atoms with Gasteiger partial charge in [0.15, 0.2) is 5.69 Å². The summed E-state index contributed by atoms with van der Waals surface area (Å²) in [6, 6.07) is 10.6. The number of aromatic nitrogens is 1. The maximum Gasteiger partial charge on any atom is 0.319 e. The van der Waals surface area contributed by atoms with E-state index in [4.69, 9.17) is 9.47 Å². The van der Waals surface area contributed by atoms with Gasteiger partial charge in [-0.1, -0.05) is 29.8 Å². The molecule has 2 amide bonds. The molecule has 0 radical (unpaired) electrons. The molecule has 0 saturated heterocycles. The van der Waals surface area contributed by atoms with Gasteiger partial charge in [-0.15, -0.1) is 0 Å². The van der Waals surface area contributed by atoms with Gasteiger partial charge in [0.2, 0.25) is 0 Å². The van der Waals surface area contributed by atoms with Crippen molar-refractivity contribution >= 4 is 17.7 Å². The molecule has 3 aromatic rings.